The normalized spacial score (nSPS) is 15.8. The van der Waals surface area contributed by atoms with Gasteiger partial charge in [0.25, 0.3) is 5.89 Å². The maximum Gasteiger partial charge on any atom is 0.332 e. The quantitative estimate of drug-likeness (QED) is 0.208. The first-order chi connectivity index (χ1) is 21.2. The predicted molar refractivity (Wildman–Crippen MR) is 162 cm³/mol. The van der Waals surface area contributed by atoms with Gasteiger partial charge in [-0.2, -0.15) is 0 Å². The molecule has 3 N–H and O–H groups in total. The van der Waals surface area contributed by atoms with Crippen molar-refractivity contribution in [3.63, 3.8) is 0 Å². The van der Waals surface area contributed by atoms with E-state index in [9.17, 15) is 19.5 Å². The van der Waals surface area contributed by atoms with Crippen LogP contribution in [0.25, 0.3) is 11.3 Å². The first-order valence-corrected chi connectivity index (χ1v) is 14.8. The summed E-state index contributed by atoms with van der Waals surface area (Å²) in [6.45, 7) is 7.38. The molecule has 1 amide bonds. The fraction of sp³-hybridized carbons (Fsp3) is 0.406. The van der Waals surface area contributed by atoms with E-state index in [0.717, 1.165) is 22.2 Å². The summed E-state index contributed by atoms with van der Waals surface area (Å²) in [5.41, 5.74) is 2.47. The Hall–Kier alpha value is -4.55. The molecular weight excluding hydrogens is 564 g/mol. The maximum absolute atomic E-state index is 13.6. The summed E-state index contributed by atoms with van der Waals surface area (Å²) in [5.74, 6) is -1.72. The van der Waals surface area contributed by atoms with Crippen LogP contribution in [0, 0.1) is 12.8 Å². The highest BCUT2D eigenvalue weighted by Crippen LogP contribution is 2.29. The van der Waals surface area contributed by atoms with Gasteiger partial charge in [0.15, 0.2) is 0 Å². The second-order valence-corrected chi connectivity index (χ2v) is 11.4. The number of nitrogens with zero attached hydrogens (tertiary/aromatic N) is 4. The molecule has 1 aliphatic heterocycles. The van der Waals surface area contributed by atoms with Gasteiger partial charge in [-0.1, -0.05) is 74.0 Å². The van der Waals surface area contributed by atoms with E-state index in [1.165, 1.54) is 4.57 Å². The molecule has 1 fully saturated rings. The van der Waals surface area contributed by atoms with Crippen LogP contribution in [0.15, 0.2) is 63.8 Å². The molecule has 2 aromatic carbocycles. The van der Waals surface area contributed by atoms with Crippen molar-refractivity contribution in [1.29, 1.82) is 0 Å². The Morgan fingerprint density at radius 3 is 2.61 bits per heavy atom. The molecule has 2 aromatic heterocycles. The molecule has 1 saturated heterocycles. The first-order valence-electron chi connectivity index (χ1n) is 14.8. The van der Waals surface area contributed by atoms with E-state index in [4.69, 9.17) is 9.15 Å². The van der Waals surface area contributed by atoms with Crippen molar-refractivity contribution in [3.05, 3.63) is 88.0 Å². The number of amides is 1. The predicted octanol–water partition coefficient (Wildman–Crippen LogP) is 2.71. The monoisotopic (exact) mass is 602 g/mol. The lowest BCUT2D eigenvalue weighted by Crippen LogP contribution is -2.46. The Morgan fingerprint density at radius 1 is 1.11 bits per heavy atom. The lowest BCUT2D eigenvalue weighted by Gasteiger charge is -2.23. The number of imidazole rings is 1. The van der Waals surface area contributed by atoms with Crippen LogP contribution in [0.5, 0.6) is 5.88 Å². The molecule has 5 rings (SSSR count). The highest BCUT2D eigenvalue weighted by atomic mass is 16.5. The third-order valence-electron chi connectivity index (χ3n) is 7.61. The van der Waals surface area contributed by atoms with Crippen LogP contribution in [0.4, 0.5) is 0 Å². The van der Waals surface area contributed by atoms with Gasteiger partial charge < -0.3 is 24.9 Å². The number of Topliss-reactive ketones (excluding diaryl/α,β-unsaturated/α-hetero) is 1. The smallest absolute Gasteiger partial charge is 0.332 e. The van der Waals surface area contributed by atoms with Crippen LogP contribution in [-0.2, 0) is 29.0 Å². The van der Waals surface area contributed by atoms with Crippen LogP contribution in [0.3, 0.4) is 0 Å². The Bertz CT molecular complexity index is 1650. The largest absolute Gasteiger partial charge is 0.493 e. The molecule has 0 bridgehead atoms. The number of benzene rings is 2. The van der Waals surface area contributed by atoms with E-state index in [0.29, 0.717) is 37.3 Å². The zero-order valence-corrected chi connectivity index (χ0v) is 25.2. The topological polar surface area (TPSA) is 154 Å². The molecule has 12 heteroatoms. The van der Waals surface area contributed by atoms with E-state index in [-0.39, 0.29) is 36.2 Å². The number of hydrogen-bond acceptors (Lipinski definition) is 9. The number of aryl methyl sites for hydroxylation is 1. The SMILES string of the molecule is Cc1cccc(Cc2nnc(C(=O)C(NC(=O)Cn3c(O)c(-c4ccccc4)n(CCC4CNCCO4)c3=O)C(C)C)o2)c1. The van der Waals surface area contributed by atoms with E-state index in [2.05, 4.69) is 20.8 Å². The third kappa shape index (κ3) is 7.14. The van der Waals surface area contributed by atoms with Gasteiger partial charge in [-0.3, -0.25) is 18.7 Å². The highest BCUT2D eigenvalue weighted by Gasteiger charge is 2.31. The number of ketones is 1. The van der Waals surface area contributed by atoms with E-state index < -0.39 is 30.0 Å². The molecule has 2 atom stereocenters. The number of hydrogen-bond donors (Lipinski definition) is 3. The van der Waals surface area contributed by atoms with Crippen molar-refractivity contribution in [3.8, 4) is 17.1 Å². The minimum Gasteiger partial charge on any atom is -0.493 e. The van der Waals surface area contributed by atoms with Gasteiger partial charge in [0.05, 0.1) is 25.2 Å². The van der Waals surface area contributed by atoms with Crippen molar-refractivity contribution >= 4 is 11.7 Å². The fourth-order valence-corrected chi connectivity index (χ4v) is 5.34. The maximum atomic E-state index is 13.6. The van der Waals surface area contributed by atoms with Crippen molar-refractivity contribution in [1.82, 2.24) is 30.0 Å². The minimum absolute atomic E-state index is 0.0760. The standard InChI is InChI=1S/C32H38N6O6/c1-20(2)27(29(40)30-36-35-26(44-30)17-22-9-7-8-21(3)16-22)34-25(39)19-38-31(41)28(23-10-5-4-6-11-23)37(32(38)42)14-12-24-18-33-13-15-43-24/h4-11,16,20,24,27,33,41H,12-15,17-19H2,1-3H3,(H,34,39). The number of ether oxygens (including phenoxy) is 1. The van der Waals surface area contributed by atoms with Crippen LogP contribution < -0.4 is 16.3 Å². The molecule has 1 aliphatic rings. The molecule has 232 valence electrons. The van der Waals surface area contributed by atoms with Gasteiger partial charge in [-0.15, -0.1) is 10.2 Å². The molecule has 4 aromatic rings. The number of morpholine rings is 1. The number of carbonyl (C=O) groups is 2. The summed E-state index contributed by atoms with van der Waals surface area (Å²) in [4.78, 5) is 40.2. The van der Waals surface area contributed by atoms with Crippen molar-refractivity contribution < 1.29 is 23.8 Å². The van der Waals surface area contributed by atoms with Crippen LogP contribution in [0.2, 0.25) is 0 Å². The van der Waals surface area contributed by atoms with E-state index in [1.807, 2.05) is 49.4 Å². The lowest BCUT2D eigenvalue weighted by atomic mass is 9.99. The molecule has 0 aliphatic carbocycles. The number of aromatic hydroxyl groups is 1. The molecule has 12 nitrogen and oxygen atoms in total. The van der Waals surface area contributed by atoms with E-state index >= 15 is 0 Å². The summed E-state index contributed by atoms with van der Waals surface area (Å²) in [6.07, 6.45) is 0.836. The third-order valence-corrected chi connectivity index (χ3v) is 7.61. The van der Waals surface area contributed by atoms with Crippen LogP contribution in [0.1, 0.15) is 48.0 Å². The summed E-state index contributed by atoms with van der Waals surface area (Å²) < 4.78 is 13.9. The zero-order valence-electron chi connectivity index (χ0n) is 25.2. The number of rotatable bonds is 12. The summed E-state index contributed by atoms with van der Waals surface area (Å²) in [6, 6.07) is 15.9. The number of carbonyl (C=O) groups excluding carboxylic acids is 2. The Kier molecular flexibility index (Phi) is 9.71. The lowest BCUT2D eigenvalue weighted by molar-refractivity contribution is -0.122. The second kappa shape index (κ2) is 13.8. The zero-order chi connectivity index (χ0) is 31.2. The minimum atomic E-state index is -0.987. The van der Waals surface area contributed by atoms with Gasteiger partial charge in [0.2, 0.25) is 23.5 Å². The van der Waals surface area contributed by atoms with Gasteiger partial charge in [0.1, 0.15) is 12.2 Å². The Labute approximate surface area is 255 Å². The van der Waals surface area contributed by atoms with Crippen molar-refractivity contribution in [2.45, 2.75) is 58.8 Å². The van der Waals surface area contributed by atoms with Crippen molar-refractivity contribution in [2.24, 2.45) is 5.92 Å². The fourth-order valence-electron chi connectivity index (χ4n) is 5.34. The van der Waals surface area contributed by atoms with Gasteiger partial charge in [-0.05, 0) is 24.8 Å². The molecule has 44 heavy (non-hydrogen) atoms. The summed E-state index contributed by atoms with van der Waals surface area (Å²) in [7, 11) is 0. The average molecular weight is 603 g/mol. The van der Waals surface area contributed by atoms with Crippen LogP contribution in [-0.4, -0.2) is 68.0 Å². The van der Waals surface area contributed by atoms with Crippen molar-refractivity contribution in [2.75, 3.05) is 19.7 Å². The highest BCUT2D eigenvalue weighted by molar-refractivity contribution is 5.98. The Morgan fingerprint density at radius 2 is 1.91 bits per heavy atom. The molecule has 0 radical (unpaired) electrons. The summed E-state index contributed by atoms with van der Waals surface area (Å²) >= 11 is 0. The van der Waals surface area contributed by atoms with Gasteiger partial charge in [0, 0.05) is 25.2 Å². The van der Waals surface area contributed by atoms with E-state index in [1.54, 1.807) is 26.0 Å². The average Bonchev–Trinajstić information content (AvgIpc) is 3.57. The molecule has 2 unspecified atom stereocenters. The molecule has 3 heterocycles. The van der Waals surface area contributed by atoms with Gasteiger partial charge >= 0.3 is 5.69 Å². The summed E-state index contributed by atoms with van der Waals surface area (Å²) in [5, 5.41) is 25.2. The molecule has 0 spiro atoms. The molecule has 0 saturated carbocycles. The number of nitrogens with one attached hydrogen (secondary N) is 2. The second-order valence-electron chi connectivity index (χ2n) is 11.4. The Balaban J connectivity index is 1.33. The first kappa shape index (κ1) is 30.9. The van der Waals surface area contributed by atoms with Gasteiger partial charge in [-0.25, -0.2) is 4.79 Å². The van der Waals surface area contributed by atoms with Crippen LogP contribution >= 0.6 is 0 Å². The number of aromatic nitrogens is 4. The molecular formula is C32H38N6O6.